The Bertz CT molecular complexity index is 846. The summed E-state index contributed by atoms with van der Waals surface area (Å²) in [6.07, 6.45) is 4.27. The molecule has 2 atom stereocenters. The molecule has 2 fully saturated rings. The molecule has 0 spiro atoms. The van der Waals surface area contributed by atoms with Crippen molar-refractivity contribution in [1.82, 2.24) is 0 Å². The molecule has 0 N–H and O–H groups in total. The van der Waals surface area contributed by atoms with Gasteiger partial charge in [0.1, 0.15) is 12.4 Å². The van der Waals surface area contributed by atoms with Crippen LogP contribution in [0.2, 0.25) is 0 Å². The number of ether oxygens (including phenoxy) is 1. The fraction of sp³-hybridized carbons (Fsp3) is 0.375. The van der Waals surface area contributed by atoms with Gasteiger partial charge in [0.25, 0.3) is 0 Å². The molecule has 134 valence electrons. The van der Waals surface area contributed by atoms with Gasteiger partial charge in [0.2, 0.25) is 0 Å². The van der Waals surface area contributed by atoms with E-state index in [0.717, 1.165) is 35.3 Å². The summed E-state index contributed by atoms with van der Waals surface area (Å²) >= 11 is 0. The van der Waals surface area contributed by atoms with Crippen LogP contribution in [-0.2, 0) is 11.4 Å². The average Bonchev–Trinajstić information content (AvgIpc) is 2.96. The van der Waals surface area contributed by atoms with Crippen molar-refractivity contribution < 1.29 is 9.53 Å². The summed E-state index contributed by atoms with van der Waals surface area (Å²) in [6.45, 7) is 7.22. The first-order chi connectivity index (χ1) is 12.4. The number of hydrogen-bond donors (Lipinski definition) is 0. The van der Waals surface area contributed by atoms with Crippen LogP contribution >= 0.6 is 0 Å². The van der Waals surface area contributed by atoms with Gasteiger partial charge in [0, 0.05) is 5.41 Å². The van der Waals surface area contributed by atoms with Gasteiger partial charge in [-0.05, 0) is 59.1 Å². The molecule has 0 amide bonds. The van der Waals surface area contributed by atoms with Gasteiger partial charge in [-0.3, -0.25) is 4.79 Å². The SMILES string of the molecule is CC12CCC(C(=Cc3ccc(COc4ccccc4)cc3)C1=O)C2(C)C. The average molecular weight is 346 g/mol. The zero-order valence-electron chi connectivity index (χ0n) is 15.8. The summed E-state index contributed by atoms with van der Waals surface area (Å²) in [5.41, 5.74) is 3.13. The summed E-state index contributed by atoms with van der Waals surface area (Å²) in [5, 5.41) is 0. The number of carbonyl (C=O) groups is 1. The zero-order valence-corrected chi connectivity index (χ0v) is 15.8. The van der Waals surface area contributed by atoms with Crippen LogP contribution in [0.1, 0.15) is 44.7 Å². The molecule has 2 aliphatic rings. The topological polar surface area (TPSA) is 26.3 Å². The summed E-state index contributed by atoms with van der Waals surface area (Å²) in [7, 11) is 0. The van der Waals surface area contributed by atoms with E-state index in [1.807, 2.05) is 30.3 Å². The number of carbonyl (C=O) groups excluding carboxylic acids is 1. The Hall–Kier alpha value is -2.35. The molecule has 26 heavy (non-hydrogen) atoms. The van der Waals surface area contributed by atoms with Crippen molar-refractivity contribution in [3.8, 4) is 5.75 Å². The second kappa shape index (κ2) is 6.12. The maximum atomic E-state index is 12.9. The van der Waals surface area contributed by atoms with E-state index in [4.69, 9.17) is 4.74 Å². The molecule has 0 radical (unpaired) electrons. The minimum absolute atomic E-state index is 0.0688. The van der Waals surface area contributed by atoms with Gasteiger partial charge in [-0.15, -0.1) is 0 Å². The molecule has 2 heteroatoms. The predicted octanol–water partition coefficient (Wildman–Crippen LogP) is 5.67. The van der Waals surface area contributed by atoms with Gasteiger partial charge >= 0.3 is 0 Å². The van der Waals surface area contributed by atoms with E-state index in [-0.39, 0.29) is 10.8 Å². The Labute approximate surface area is 155 Å². The lowest BCUT2D eigenvalue weighted by atomic mass is 9.70. The quantitative estimate of drug-likeness (QED) is 0.666. The van der Waals surface area contributed by atoms with Crippen molar-refractivity contribution in [2.75, 3.05) is 0 Å². The molecule has 0 aliphatic heterocycles. The Balaban J connectivity index is 1.50. The Morgan fingerprint density at radius 3 is 2.35 bits per heavy atom. The number of hydrogen-bond acceptors (Lipinski definition) is 2. The number of ketones is 1. The van der Waals surface area contributed by atoms with E-state index in [2.05, 4.69) is 51.1 Å². The van der Waals surface area contributed by atoms with Crippen molar-refractivity contribution in [2.24, 2.45) is 16.7 Å². The van der Waals surface area contributed by atoms with E-state index >= 15 is 0 Å². The number of rotatable bonds is 4. The van der Waals surface area contributed by atoms with Crippen molar-refractivity contribution in [2.45, 2.75) is 40.2 Å². The fourth-order valence-electron chi connectivity index (χ4n) is 4.67. The molecule has 2 bridgehead atoms. The van der Waals surface area contributed by atoms with Crippen molar-refractivity contribution in [1.29, 1.82) is 0 Å². The van der Waals surface area contributed by atoms with E-state index in [1.54, 1.807) is 0 Å². The molecule has 0 aromatic heterocycles. The maximum absolute atomic E-state index is 12.9. The summed E-state index contributed by atoms with van der Waals surface area (Å²) in [5.74, 6) is 1.62. The van der Waals surface area contributed by atoms with Crippen molar-refractivity contribution in [3.05, 3.63) is 71.3 Å². The molecule has 0 saturated heterocycles. The van der Waals surface area contributed by atoms with Crippen LogP contribution in [0, 0.1) is 16.7 Å². The molecular weight excluding hydrogens is 320 g/mol. The highest BCUT2D eigenvalue weighted by Gasteiger charge is 2.63. The maximum Gasteiger partial charge on any atom is 0.165 e. The van der Waals surface area contributed by atoms with Crippen LogP contribution in [0.3, 0.4) is 0 Å². The predicted molar refractivity (Wildman–Crippen MR) is 105 cm³/mol. The second-order valence-electron chi connectivity index (χ2n) is 8.42. The lowest BCUT2D eigenvalue weighted by Gasteiger charge is -2.31. The lowest BCUT2D eigenvalue weighted by molar-refractivity contribution is -0.125. The molecule has 2 aromatic rings. The lowest BCUT2D eigenvalue weighted by Crippen LogP contribution is -2.32. The van der Waals surface area contributed by atoms with Gasteiger partial charge in [-0.25, -0.2) is 0 Å². The Morgan fingerprint density at radius 1 is 1.04 bits per heavy atom. The van der Waals surface area contributed by atoms with E-state index in [0.29, 0.717) is 18.3 Å². The number of Topliss-reactive ketones (excluding diaryl/α,β-unsaturated/α-hetero) is 1. The summed E-state index contributed by atoms with van der Waals surface area (Å²) in [4.78, 5) is 12.9. The standard InChI is InChI=1S/C24H26O2/c1-23(2)21-13-14-24(23,3)22(25)20(21)15-17-9-11-18(12-10-17)16-26-19-7-5-4-6-8-19/h4-12,15,21H,13-14,16H2,1-3H3. The normalized spacial score (nSPS) is 27.9. The van der Waals surface area contributed by atoms with Crippen molar-refractivity contribution >= 4 is 11.9 Å². The molecule has 4 rings (SSSR count). The first-order valence-corrected chi connectivity index (χ1v) is 9.45. The van der Waals surface area contributed by atoms with Crippen LogP contribution in [0.15, 0.2) is 60.2 Å². The summed E-state index contributed by atoms with van der Waals surface area (Å²) in [6, 6.07) is 18.2. The highest BCUT2D eigenvalue weighted by atomic mass is 16.5. The van der Waals surface area contributed by atoms with Gasteiger partial charge < -0.3 is 4.74 Å². The first kappa shape index (κ1) is 17.1. The third-order valence-electron chi connectivity index (χ3n) is 6.82. The number of allylic oxidation sites excluding steroid dienone is 1. The minimum Gasteiger partial charge on any atom is -0.489 e. The number of para-hydroxylation sites is 1. The van der Waals surface area contributed by atoms with Crippen LogP contribution in [0.4, 0.5) is 0 Å². The largest absolute Gasteiger partial charge is 0.489 e. The fourth-order valence-corrected chi connectivity index (χ4v) is 4.67. The van der Waals surface area contributed by atoms with Crippen LogP contribution in [0.5, 0.6) is 5.75 Å². The van der Waals surface area contributed by atoms with Gasteiger partial charge in [0.15, 0.2) is 5.78 Å². The second-order valence-corrected chi connectivity index (χ2v) is 8.42. The monoisotopic (exact) mass is 346 g/mol. The van der Waals surface area contributed by atoms with E-state index < -0.39 is 0 Å². The molecule has 2 aliphatic carbocycles. The highest BCUT2D eigenvalue weighted by Crippen LogP contribution is 2.65. The molecule has 2 nitrogen and oxygen atoms in total. The third-order valence-corrected chi connectivity index (χ3v) is 6.82. The van der Waals surface area contributed by atoms with Gasteiger partial charge in [-0.2, -0.15) is 0 Å². The van der Waals surface area contributed by atoms with Crippen molar-refractivity contribution in [3.63, 3.8) is 0 Å². The van der Waals surface area contributed by atoms with Crippen LogP contribution < -0.4 is 4.74 Å². The minimum atomic E-state index is -0.188. The van der Waals surface area contributed by atoms with E-state index in [1.165, 1.54) is 0 Å². The van der Waals surface area contributed by atoms with E-state index in [9.17, 15) is 4.79 Å². The highest BCUT2D eigenvalue weighted by molar-refractivity contribution is 6.07. The van der Waals surface area contributed by atoms with Crippen LogP contribution in [-0.4, -0.2) is 5.78 Å². The Kier molecular flexibility index (Phi) is 4.02. The molecule has 2 aromatic carbocycles. The van der Waals surface area contributed by atoms with Gasteiger partial charge in [0.05, 0.1) is 0 Å². The number of benzene rings is 2. The molecule has 2 saturated carbocycles. The van der Waals surface area contributed by atoms with Crippen LogP contribution in [0.25, 0.3) is 6.08 Å². The first-order valence-electron chi connectivity index (χ1n) is 9.45. The molecule has 0 heterocycles. The molecule has 2 unspecified atom stereocenters. The third kappa shape index (κ3) is 2.59. The summed E-state index contributed by atoms with van der Waals surface area (Å²) < 4.78 is 5.79. The zero-order chi connectivity index (χ0) is 18.4. The number of fused-ring (bicyclic) bond motifs is 2. The molecular formula is C24H26O2. The Morgan fingerprint density at radius 2 is 1.73 bits per heavy atom. The smallest absolute Gasteiger partial charge is 0.165 e. The van der Waals surface area contributed by atoms with Gasteiger partial charge in [-0.1, -0.05) is 63.2 Å².